The summed E-state index contributed by atoms with van der Waals surface area (Å²) in [6.45, 7) is 0.485. The van der Waals surface area contributed by atoms with Gasteiger partial charge in [-0.3, -0.25) is 9.59 Å². The van der Waals surface area contributed by atoms with Crippen LogP contribution in [0.1, 0.15) is 11.1 Å². The topological polar surface area (TPSA) is 65.3 Å². The molecule has 0 saturated carbocycles. The Morgan fingerprint density at radius 2 is 1.71 bits per heavy atom. The number of hydrogen-bond acceptors (Lipinski definition) is 3. The van der Waals surface area contributed by atoms with E-state index in [0.29, 0.717) is 17.6 Å². The zero-order valence-corrected chi connectivity index (χ0v) is 17.0. The van der Waals surface area contributed by atoms with Crippen LogP contribution in [-0.2, 0) is 24.4 Å². The minimum Gasteiger partial charge on any atom is -0.497 e. The molecule has 0 aliphatic heterocycles. The Balaban J connectivity index is 1.50. The van der Waals surface area contributed by atoms with Crippen LogP contribution in [-0.4, -0.2) is 22.2 Å². The van der Waals surface area contributed by atoms with Crippen molar-refractivity contribution in [3.63, 3.8) is 0 Å². The lowest BCUT2D eigenvalue weighted by molar-refractivity contribution is -0.121. The molecule has 6 nitrogen and oxygen atoms in total. The quantitative estimate of drug-likeness (QED) is 0.500. The summed E-state index contributed by atoms with van der Waals surface area (Å²) in [7, 11) is 1.60. The van der Waals surface area contributed by atoms with Crippen LogP contribution in [0.4, 0.5) is 4.39 Å². The number of ether oxygens (including phenoxy) is 1. The average Bonchev–Trinajstić information content (AvgIpc) is 3.19. The van der Waals surface area contributed by atoms with Crippen molar-refractivity contribution in [2.24, 2.45) is 0 Å². The van der Waals surface area contributed by atoms with Crippen molar-refractivity contribution >= 4 is 16.8 Å². The van der Waals surface area contributed by atoms with Crippen molar-refractivity contribution in [2.45, 2.75) is 19.6 Å². The van der Waals surface area contributed by atoms with Crippen molar-refractivity contribution < 1.29 is 13.9 Å². The van der Waals surface area contributed by atoms with Crippen LogP contribution < -0.4 is 15.6 Å². The van der Waals surface area contributed by atoms with Gasteiger partial charge in [0.05, 0.1) is 13.7 Å². The predicted octanol–water partition coefficient (Wildman–Crippen LogP) is 3.32. The van der Waals surface area contributed by atoms with Gasteiger partial charge < -0.3 is 19.2 Å². The maximum atomic E-state index is 14.0. The standard InChI is InChI=1S/C24H22FN3O3/c1-31-20-8-6-17(7-9-20)14-26-22(29)16-28-13-11-18-10-12-27(23(18)24(28)30)15-19-4-2-3-5-21(19)25/h2-13H,14-16H2,1H3,(H,26,29). The first-order valence-corrected chi connectivity index (χ1v) is 9.86. The Bertz CT molecular complexity index is 1280. The molecule has 0 atom stereocenters. The largest absolute Gasteiger partial charge is 0.497 e. The van der Waals surface area contributed by atoms with Gasteiger partial charge in [0.1, 0.15) is 23.6 Å². The van der Waals surface area contributed by atoms with E-state index in [9.17, 15) is 14.0 Å². The van der Waals surface area contributed by atoms with Gasteiger partial charge in [-0.15, -0.1) is 0 Å². The summed E-state index contributed by atoms with van der Waals surface area (Å²) in [5.74, 6) is 0.149. The molecule has 0 radical (unpaired) electrons. The number of hydrogen-bond donors (Lipinski definition) is 1. The first-order valence-electron chi connectivity index (χ1n) is 9.86. The Morgan fingerprint density at radius 1 is 1.00 bits per heavy atom. The summed E-state index contributed by atoms with van der Waals surface area (Å²) in [4.78, 5) is 25.4. The minimum atomic E-state index is -0.321. The summed E-state index contributed by atoms with van der Waals surface area (Å²) < 4.78 is 22.2. The second-order valence-electron chi connectivity index (χ2n) is 7.21. The molecule has 0 aliphatic carbocycles. The summed E-state index contributed by atoms with van der Waals surface area (Å²) in [6.07, 6.45) is 3.36. The van der Waals surface area contributed by atoms with E-state index in [4.69, 9.17) is 4.74 Å². The van der Waals surface area contributed by atoms with Crippen molar-refractivity contribution in [2.75, 3.05) is 7.11 Å². The van der Waals surface area contributed by atoms with Crippen LogP contribution in [0, 0.1) is 5.82 Å². The number of carbonyl (C=O) groups excluding carboxylic acids is 1. The monoisotopic (exact) mass is 419 g/mol. The lowest BCUT2D eigenvalue weighted by Gasteiger charge is -2.10. The van der Waals surface area contributed by atoms with Gasteiger partial charge in [-0.05, 0) is 35.9 Å². The fourth-order valence-electron chi connectivity index (χ4n) is 3.47. The number of pyridine rings is 1. The number of fused-ring (bicyclic) bond motifs is 1. The van der Waals surface area contributed by atoms with Gasteiger partial charge in [0, 0.05) is 29.9 Å². The van der Waals surface area contributed by atoms with Gasteiger partial charge >= 0.3 is 0 Å². The second kappa shape index (κ2) is 8.87. The molecular weight excluding hydrogens is 397 g/mol. The Hall–Kier alpha value is -3.87. The Labute approximate surface area is 178 Å². The van der Waals surface area contributed by atoms with Crippen molar-refractivity contribution in [3.8, 4) is 5.75 Å². The molecule has 2 aromatic carbocycles. The lowest BCUT2D eigenvalue weighted by atomic mass is 10.2. The SMILES string of the molecule is COc1ccc(CNC(=O)Cn2ccc3ccn(Cc4ccccc4F)c3c2=O)cc1. The van der Waals surface area contributed by atoms with Gasteiger partial charge in [-0.1, -0.05) is 30.3 Å². The number of aromatic nitrogens is 2. The van der Waals surface area contributed by atoms with E-state index in [1.54, 1.807) is 48.3 Å². The first kappa shape index (κ1) is 20.4. The third kappa shape index (κ3) is 4.50. The van der Waals surface area contributed by atoms with Crippen LogP contribution in [0.15, 0.2) is 77.9 Å². The summed E-state index contributed by atoms with van der Waals surface area (Å²) in [5, 5.41) is 3.57. The van der Waals surface area contributed by atoms with E-state index in [0.717, 1.165) is 16.7 Å². The lowest BCUT2D eigenvalue weighted by Crippen LogP contribution is -2.32. The van der Waals surface area contributed by atoms with E-state index in [2.05, 4.69) is 5.32 Å². The number of methoxy groups -OCH3 is 1. The molecule has 4 rings (SSSR count). The van der Waals surface area contributed by atoms with Crippen LogP contribution >= 0.6 is 0 Å². The van der Waals surface area contributed by atoms with Gasteiger partial charge in [0.15, 0.2) is 0 Å². The average molecular weight is 419 g/mol. The zero-order chi connectivity index (χ0) is 21.8. The molecule has 7 heteroatoms. The normalized spacial score (nSPS) is 10.9. The predicted molar refractivity (Wildman–Crippen MR) is 117 cm³/mol. The highest BCUT2D eigenvalue weighted by molar-refractivity contribution is 5.80. The van der Waals surface area contributed by atoms with E-state index >= 15 is 0 Å². The maximum Gasteiger partial charge on any atom is 0.275 e. The number of halogens is 1. The molecule has 0 saturated heterocycles. The first-order chi connectivity index (χ1) is 15.0. The molecule has 2 aromatic heterocycles. The number of amides is 1. The minimum absolute atomic E-state index is 0.101. The van der Waals surface area contributed by atoms with Gasteiger partial charge in [-0.2, -0.15) is 0 Å². The van der Waals surface area contributed by atoms with Crippen LogP contribution in [0.2, 0.25) is 0 Å². The van der Waals surface area contributed by atoms with Crippen LogP contribution in [0.25, 0.3) is 10.9 Å². The Kier molecular flexibility index (Phi) is 5.84. The molecule has 0 unspecified atom stereocenters. The number of carbonyl (C=O) groups is 1. The molecule has 158 valence electrons. The van der Waals surface area contributed by atoms with Gasteiger partial charge in [0.2, 0.25) is 5.91 Å². The highest BCUT2D eigenvalue weighted by Gasteiger charge is 2.12. The van der Waals surface area contributed by atoms with Gasteiger partial charge in [0.25, 0.3) is 5.56 Å². The van der Waals surface area contributed by atoms with Gasteiger partial charge in [-0.25, -0.2) is 4.39 Å². The summed E-state index contributed by atoms with van der Waals surface area (Å²) in [6, 6.07) is 17.4. The van der Waals surface area contributed by atoms with E-state index in [1.807, 2.05) is 30.3 Å². The Morgan fingerprint density at radius 3 is 2.42 bits per heavy atom. The fourth-order valence-corrected chi connectivity index (χ4v) is 3.47. The molecule has 0 fully saturated rings. The number of nitrogens with zero attached hydrogens (tertiary/aromatic N) is 2. The number of nitrogens with one attached hydrogen (secondary N) is 1. The molecular formula is C24H22FN3O3. The number of benzene rings is 2. The second-order valence-corrected chi connectivity index (χ2v) is 7.21. The van der Waals surface area contributed by atoms with Crippen molar-refractivity contribution in [1.82, 2.24) is 14.5 Å². The molecule has 0 aliphatic rings. The van der Waals surface area contributed by atoms with E-state index in [-0.39, 0.29) is 30.4 Å². The van der Waals surface area contributed by atoms with Crippen LogP contribution in [0.3, 0.4) is 0 Å². The highest BCUT2D eigenvalue weighted by atomic mass is 19.1. The third-order valence-electron chi connectivity index (χ3n) is 5.15. The highest BCUT2D eigenvalue weighted by Crippen LogP contribution is 2.15. The van der Waals surface area contributed by atoms with E-state index < -0.39 is 0 Å². The molecule has 0 bridgehead atoms. The summed E-state index contributed by atoms with van der Waals surface area (Å²) in [5.41, 5.74) is 1.56. The molecule has 1 N–H and O–H groups in total. The molecule has 31 heavy (non-hydrogen) atoms. The smallest absolute Gasteiger partial charge is 0.275 e. The van der Waals surface area contributed by atoms with Crippen LogP contribution in [0.5, 0.6) is 5.75 Å². The van der Waals surface area contributed by atoms with E-state index in [1.165, 1.54) is 10.6 Å². The maximum absolute atomic E-state index is 14.0. The van der Waals surface area contributed by atoms with Crippen molar-refractivity contribution in [3.05, 3.63) is 100 Å². The zero-order valence-electron chi connectivity index (χ0n) is 17.0. The molecule has 1 amide bonds. The third-order valence-corrected chi connectivity index (χ3v) is 5.15. The van der Waals surface area contributed by atoms with Crippen molar-refractivity contribution in [1.29, 1.82) is 0 Å². The fraction of sp³-hybridized carbons (Fsp3) is 0.167. The molecule has 0 spiro atoms. The molecule has 4 aromatic rings. The molecule has 2 heterocycles. The number of rotatable bonds is 7. The summed E-state index contributed by atoms with van der Waals surface area (Å²) >= 11 is 0.